The molecule has 0 aromatic heterocycles. The number of ether oxygens (including phenoxy) is 1. The number of para-hydroxylation sites is 1. The second-order valence-corrected chi connectivity index (χ2v) is 14.7. The van der Waals surface area contributed by atoms with Crippen molar-refractivity contribution in [2.45, 2.75) is 44.1 Å². The molecule has 1 heterocycles. The fourth-order valence-electron chi connectivity index (χ4n) is 8.95. The molecule has 3 aliphatic carbocycles. The van der Waals surface area contributed by atoms with Crippen molar-refractivity contribution < 1.29 is 4.74 Å². The second kappa shape index (κ2) is 11.6. The van der Waals surface area contributed by atoms with Gasteiger partial charge in [0.2, 0.25) is 0 Å². The van der Waals surface area contributed by atoms with E-state index in [1.807, 2.05) is 0 Å². The van der Waals surface area contributed by atoms with Crippen LogP contribution in [0.5, 0.6) is 5.75 Å². The van der Waals surface area contributed by atoms with Gasteiger partial charge < -0.3 is 9.64 Å². The molecule has 0 saturated heterocycles. The Kier molecular flexibility index (Phi) is 6.83. The van der Waals surface area contributed by atoms with Gasteiger partial charge in [0.05, 0.1) is 5.69 Å². The molecule has 2 atom stereocenters. The smallest absolute Gasteiger partial charge is 0.130 e. The fourth-order valence-corrected chi connectivity index (χ4v) is 8.95. The Balaban J connectivity index is 1.13. The highest BCUT2D eigenvalue weighted by Crippen LogP contribution is 2.50. The minimum absolute atomic E-state index is 0.0431. The first kappa shape index (κ1) is 30.0. The second-order valence-electron chi connectivity index (χ2n) is 14.7. The van der Waals surface area contributed by atoms with E-state index in [9.17, 15) is 0 Å². The molecule has 6 aromatic rings. The molecule has 0 radical (unpaired) electrons. The van der Waals surface area contributed by atoms with E-state index in [0.29, 0.717) is 0 Å². The summed E-state index contributed by atoms with van der Waals surface area (Å²) in [5.74, 6) is 1.20. The van der Waals surface area contributed by atoms with Gasteiger partial charge >= 0.3 is 0 Å². The maximum absolute atomic E-state index is 6.59. The minimum atomic E-state index is -0.0506. The predicted octanol–water partition coefficient (Wildman–Crippen LogP) is 12.4. The Hall–Kier alpha value is -5.86. The highest BCUT2D eigenvalue weighted by molar-refractivity contribution is 6.04. The van der Waals surface area contributed by atoms with Crippen molar-refractivity contribution in [1.29, 1.82) is 0 Å². The Morgan fingerprint density at radius 2 is 1.49 bits per heavy atom. The number of hydrogen-bond donors (Lipinski definition) is 0. The van der Waals surface area contributed by atoms with Gasteiger partial charge in [-0.2, -0.15) is 0 Å². The van der Waals surface area contributed by atoms with Crippen LogP contribution in [-0.2, 0) is 5.41 Å². The Morgan fingerprint density at radius 1 is 0.706 bits per heavy atom. The van der Waals surface area contributed by atoms with Crippen LogP contribution in [0, 0.1) is 0 Å². The van der Waals surface area contributed by atoms with Gasteiger partial charge in [-0.15, -0.1) is 0 Å². The van der Waals surface area contributed by atoms with Gasteiger partial charge in [0, 0.05) is 33.9 Å². The Labute approximate surface area is 300 Å². The van der Waals surface area contributed by atoms with E-state index in [2.05, 4.69) is 183 Å². The molecule has 0 amide bonds. The van der Waals surface area contributed by atoms with Crippen molar-refractivity contribution in [1.82, 2.24) is 0 Å². The van der Waals surface area contributed by atoms with E-state index in [4.69, 9.17) is 4.74 Å². The van der Waals surface area contributed by atoms with Crippen LogP contribution in [0.1, 0.15) is 54.9 Å². The number of fused-ring (bicyclic) bond motifs is 7. The van der Waals surface area contributed by atoms with Crippen LogP contribution in [-0.4, -0.2) is 6.10 Å². The molecule has 2 heteroatoms. The highest BCUT2D eigenvalue weighted by atomic mass is 16.5. The highest BCUT2D eigenvalue weighted by Gasteiger charge is 2.37. The van der Waals surface area contributed by atoms with Crippen LogP contribution in [0.25, 0.3) is 38.6 Å². The van der Waals surface area contributed by atoms with Crippen molar-refractivity contribution in [3.05, 3.63) is 197 Å². The first-order chi connectivity index (χ1) is 25.0. The summed E-state index contributed by atoms with van der Waals surface area (Å²) in [6.45, 7) is 4.73. The summed E-state index contributed by atoms with van der Waals surface area (Å²) in [6, 6.07) is 48.8. The maximum Gasteiger partial charge on any atom is 0.130 e. The monoisotopic (exact) mass is 657 g/mol. The normalized spacial score (nSPS) is 19.2. The zero-order valence-corrected chi connectivity index (χ0v) is 29.0. The Bertz CT molecular complexity index is 2490. The van der Waals surface area contributed by atoms with E-state index in [1.165, 1.54) is 72.2 Å². The predicted molar refractivity (Wildman–Crippen MR) is 212 cm³/mol. The molecule has 4 aliphatic rings. The van der Waals surface area contributed by atoms with Gasteiger partial charge in [-0.05, 0) is 99.0 Å². The lowest BCUT2D eigenvalue weighted by Gasteiger charge is -2.35. The van der Waals surface area contributed by atoms with Crippen LogP contribution < -0.4 is 9.64 Å². The third kappa shape index (κ3) is 4.77. The lowest BCUT2D eigenvalue weighted by atomic mass is 9.81. The average Bonchev–Trinajstić information content (AvgIpc) is 3.66. The first-order valence-corrected chi connectivity index (χ1v) is 18.2. The summed E-state index contributed by atoms with van der Waals surface area (Å²) in [5.41, 5.74) is 15.4. The minimum Gasteiger partial charge on any atom is -0.485 e. The van der Waals surface area contributed by atoms with Crippen LogP contribution in [0.4, 0.5) is 5.69 Å². The van der Waals surface area contributed by atoms with E-state index >= 15 is 0 Å². The van der Waals surface area contributed by atoms with E-state index < -0.39 is 0 Å². The van der Waals surface area contributed by atoms with Crippen molar-refractivity contribution in [2.75, 3.05) is 4.90 Å². The van der Waals surface area contributed by atoms with E-state index in [-0.39, 0.29) is 17.4 Å². The lowest BCUT2D eigenvalue weighted by molar-refractivity contribution is 0.267. The van der Waals surface area contributed by atoms with Crippen molar-refractivity contribution in [3.63, 3.8) is 0 Å². The van der Waals surface area contributed by atoms with Crippen LogP contribution in [0.2, 0.25) is 0 Å². The zero-order valence-electron chi connectivity index (χ0n) is 29.0. The van der Waals surface area contributed by atoms with Crippen LogP contribution in [0.3, 0.4) is 0 Å². The van der Waals surface area contributed by atoms with Crippen LogP contribution >= 0.6 is 0 Å². The van der Waals surface area contributed by atoms with Crippen molar-refractivity contribution in [2.24, 2.45) is 0 Å². The van der Waals surface area contributed by atoms with Gasteiger partial charge in [0.25, 0.3) is 0 Å². The number of rotatable bonds is 5. The summed E-state index contributed by atoms with van der Waals surface area (Å²) in [4.78, 5) is 2.52. The molecule has 6 aromatic carbocycles. The molecule has 0 spiro atoms. The molecule has 51 heavy (non-hydrogen) atoms. The van der Waals surface area contributed by atoms with Crippen molar-refractivity contribution in [3.8, 4) is 28.0 Å². The van der Waals surface area contributed by atoms with Gasteiger partial charge in [0.1, 0.15) is 11.9 Å². The number of nitrogens with zero attached hydrogens (tertiary/aromatic N) is 1. The third-order valence-electron chi connectivity index (χ3n) is 11.5. The summed E-state index contributed by atoms with van der Waals surface area (Å²) >= 11 is 0. The van der Waals surface area contributed by atoms with Gasteiger partial charge in [-0.1, -0.05) is 141 Å². The molecule has 0 fully saturated rings. The third-order valence-corrected chi connectivity index (χ3v) is 11.5. The summed E-state index contributed by atoms with van der Waals surface area (Å²) in [6.07, 6.45) is 13.7. The molecular formula is C49H39NO. The standard InChI is InChI=1S/C49H39NO/c1-49(2)43-21-10-8-19-39(43)40-26-23-35(30-44(40)49)34-16-12-17-36(29-34)50(37-25-27-42-41-20-9-11-22-46(41)51-47(42)31-37)45-28-24-32-13-6-7-18-38(32)48(45)33-14-4-3-5-15-33/h3-11,13-16,18-31,42,47H,12,17H2,1-2H3. The van der Waals surface area contributed by atoms with Gasteiger partial charge in [-0.25, -0.2) is 0 Å². The largest absolute Gasteiger partial charge is 0.485 e. The Morgan fingerprint density at radius 3 is 2.41 bits per heavy atom. The number of anilines is 1. The quantitative estimate of drug-likeness (QED) is 0.183. The molecule has 0 saturated carbocycles. The van der Waals surface area contributed by atoms with Gasteiger partial charge in [-0.3, -0.25) is 0 Å². The SMILES string of the molecule is CC1(C)c2ccccc2-c2ccc(C3=CCCC(N(C4=CC5Oc6ccccc6C5C=C4)c4ccc5ccccc5c4-c4ccccc4)=C3)cc21. The number of allylic oxidation sites excluding steroid dienone is 5. The summed E-state index contributed by atoms with van der Waals surface area (Å²) in [5, 5.41) is 2.49. The van der Waals surface area contributed by atoms with E-state index in [1.54, 1.807) is 0 Å². The summed E-state index contributed by atoms with van der Waals surface area (Å²) < 4.78 is 6.59. The molecule has 2 nitrogen and oxygen atoms in total. The van der Waals surface area contributed by atoms with Crippen molar-refractivity contribution >= 4 is 22.0 Å². The maximum atomic E-state index is 6.59. The molecule has 1 aliphatic heterocycles. The molecule has 0 bridgehead atoms. The fraction of sp³-hybridized carbons (Fsp3) is 0.143. The topological polar surface area (TPSA) is 12.5 Å². The lowest BCUT2D eigenvalue weighted by Crippen LogP contribution is -2.28. The molecule has 2 unspecified atom stereocenters. The molecular weight excluding hydrogens is 619 g/mol. The van der Waals surface area contributed by atoms with E-state index in [0.717, 1.165) is 24.3 Å². The van der Waals surface area contributed by atoms with Gasteiger partial charge in [0.15, 0.2) is 0 Å². The summed E-state index contributed by atoms with van der Waals surface area (Å²) in [7, 11) is 0. The van der Waals surface area contributed by atoms with Crippen LogP contribution in [0.15, 0.2) is 175 Å². The average molecular weight is 658 g/mol. The zero-order chi connectivity index (χ0) is 34.1. The first-order valence-electron chi connectivity index (χ1n) is 18.2. The number of hydrogen-bond acceptors (Lipinski definition) is 2. The molecule has 246 valence electrons. The number of benzene rings is 6. The molecule has 10 rings (SSSR count). The molecule has 0 N–H and O–H groups in total.